The predicted octanol–water partition coefficient (Wildman–Crippen LogP) is 2.56. The first kappa shape index (κ1) is 8.52. The van der Waals surface area contributed by atoms with Crippen LogP contribution in [0.5, 0.6) is 11.5 Å². The average molecular weight is 314 g/mol. The topological polar surface area (TPSA) is 35.5 Å². The van der Waals surface area contributed by atoms with Crippen molar-refractivity contribution in [3.05, 3.63) is 21.1 Å². The van der Waals surface area contributed by atoms with Crippen LogP contribution in [0.2, 0.25) is 0 Å². The number of hydrogen-bond acceptors (Lipinski definition) is 3. The minimum absolute atomic E-state index is 0.489. The molecule has 1 aromatic rings. The molecule has 0 spiro atoms. The fraction of sp³-hybridized carbons (Fsp3) is 0. The molecule has 1 aliphatic heterocycles. The molecule has 12 heavy (non-hydrogen) atoms. The Bertz CT molecular complexity index is 333. The van der Waals surface area contributed by atoms with Crippen molar-refractivity contribution in [3.63, 3.8) is 0 Å². The van der Waals surface area contributed by atoms with Crippen molar-refractivity contribution in [2.45, 2.75) is 0 Å². The van der Waals surface area contributed by atoms with Gasteiger partial charge in [0.25, 0.3) is 0 Å². The Morgan fingerprint density at radius 3 is 1.92 bits per heavy atom. The van der Waals surface area contributed by atoms with Crippen molar-refractivity contribution >= 4 is 43.2 Å². The molecule has 0 fully saturated rings. The van der Waals surface area contributed by atoms with Crippen molar-refractivity contribution in [1.82, 2.24) is 0 Å². The third-order valence-corrected chi connectivity index (χ3v) is 3.78. The Hall–Kier alpha value is -0.0700. The fourth-order valence-corrected chi connectivity index (χ4v) is 2.04. The van der Waals surface area contributed by atoms with Gasteiger partial charge in [-0.2, -0.15) is 4.21 Å². The van der Waals surface area contributed by atoms with Crippen molar-refractivity contribution in [1.29, 1.82) is 0 Å². The highest BCUT2D eigenvalue weighted by molar-refractivity contribution is 9.13. The molecule has 0 radical (unpaired) electrons. The molecule has 3 nitrogen and oxygen atoms in total. The van der Waals surface area contributed by atoms with E-state index in [1.54, 1.807) is 12.1 Å². The second kappa shape index (κ2) is 3.01. The molecule has 1 aromatic carbocycles. The molecular weight excluding hydrogens is 312 g/mol. The molecule has 2 rings (SSSR count). The van der Waals surface area contributed by atoms with Gasteiger partial charge in [-0.1, -0.05) is 0 Å². The molecular formula is C6H2Br2O3S. The van der Waals surface area contributed by atoms with Crippen molar-refractivity contribution in [2.75, 3.05) is 0 Å². The lowest BCUT2D eigenvalue weighted by molar-refractivity contribution is 0.520. The first-order valence-electron chi connectivity index (χ1n) is 2.94. The van der Waals surface area contributed by atoms with Crippen LogP contribution in [0.25, 0.3) is 0 Å². The number of benzene rings is 1. The van der Waals surface area contributed by atoms with Crippen LogP contribution in [0.4, 0.5) is 0 Å². The Morgan fingerprint density at radius 2 is 1.50 bits per heavy atom. The highest BCUT2D eigenvalue weighted by Crippen LogP contribution is 2.40. The molecule has 0 aliphatic carbocycles. The van der Waals surface area contributed by atoms with E-state index in [0.29, 0.717) is 11.5 Å². The number of rotatable bonds is 0. The van der Waals surface area contributed by atoms with Crippen LogP contribution in [-0.2, 0) is 11.4 Å². The summed E-state index contributed by atoms with van der Waals surface area (Å²) < 4.78 is 22.1. The normalized spacial score (nSPS) is 15.2. The highest BCUT2D eigenvalue weighted by Gasteiger charge is 2.22. The SMILES string of the molecule is O=S1Oc2cc(Br)c(Br)cc2O1. The zero-order chi connectivity index (χ0) is 8.72. The van der Waals surface area contributed by atoms with Crippen molar-refractivity contribution in [3.8, 4) is 11.5 Å². The van der Waals surface area contributed by atoms with E-state index in [4.69, 9.17) is 8.37 Å². The van der Waals surface area contributed by atoms with Gasteiger partial charge in [0.05, 0.1) is 0 Å². The maximum absolute atomic E-state index is 10.8. The summed E-state index contributed by atoms with van der Waals surface area (Å²) in [6.45, 7) is 0. The Morgan fingerprint density at radius 1 is 1.08 bits per heavy atom. The second-order valence-electron chi connectivity index (χ2n) is 2.08. The molecule has 0 amide bonds. The molecule has 1 heterocycles. The third kappa shape index (κ3) is 1.38. The standard InChI is InChI=1S/C6H2Br2O3S/c7-3-1-5-6(2-4(3)8)11-12(9)10-5/h1-2H. The van der Waals surface area contributed by atoms with Crippen LogP contribution in [0.15, 0.2) is 21.1 Å². The molecule has 0 saturated carbocycles. The van der Waals surface area contributed by atoms with Gasteiger partial charge in [0, 0.05) is 21.1 Å². The molecule has 0 atom stereocenters. The maximum Gasteiger partial charge on any atom is 0.417 e. The molecule has 0 bridgehead atoms. The van der Waals surface area contributed by atoms with Crippen LogP contribution in [0, 0.1) is 0 Å². The third-order valence-electron chi connectivity index (χ3n) is 1.30. The van der Waals surface area contributed by atoms with Crippen LogP contribution in [0.3, 0.4) is 0 Å². The van der Waals surface area contributed by atoms with Crippen molar-refractivity contribution in [2.24, 2.45) is 0 Å². The van der Waals surface area contributed by atoms with E-state index in [2.05, 4.69) is 31.9 Å². The molecule has 6 heteroatoms. The number of fused-ring (bicyclic) bond motifs is 1. The molecule has 0 aromatic heterocycles. The summed E-state index contributed by atoms with van der Waals surface area (Å²) >= 11 is 4.90. The van der Waals surface area contributed by atoms with Gasteiger partial charge in [-0.3, -0.25) is 0 Å². The largest absolute Gasteiger partial charge is 0.417 e. The van der Waals surface area contributed by atoms with Gasteiger partial charge in [0.1, 0.15) is 0 Å². The number of halogens is 2. The molecule has 0 N–H and O–H groups in total. The van der Waals surface area contributed by atoms with Gasteiger partial charge in [-0.15, -0.1) is 0 Å². The monoisotopic (exact) mass is 312 g/mol. The minimum Gasteiger partial charge on any atom is -0.367 e. The quantitative estimate of drug-likeness (QED) is 0.738. The van der Waals surface area contributed by atoms with E-state index in [1.807, 2.05) is 0 Å². The lowest BCUT2D eigenvalue weighted by Gasteiger charge is -1.96. The van der Waals surface area contributed by atoms with Gasteiger partial charge in [0.15, 0.2) is 11.5 Å². The van der Waals surface area contributed by atoms with Crippen LogP contribution < -0.4 is 8.37 Å². The van der Waals surface area contributed by atoms with Gasteiger partial charge >= 0.3 is 11.4 Å². The Labute approximate surface area is 88.2 Å². The lowest BCUT2D eigenvalue weighted by Crippen LogP contribution is -1.96. The second-order valence-corrected chi connectivity index (χ2v) is 4.53. The molecule has 64 valence electrons. The fourth-order valence-electron chi connectivity index (χ4n) is 0.804. The van der Waals surface area contributed by atoms with Gasteiger partial charge in [-0.25, -0.2) is 0 Å². The molecule has 0 unspecified atom stereocenters. The maximum atomic E-state index is 10.8. The summed E-state index contributed by atoms with van der Waals surface area (Å²) in [6, 6.07) is 3.40. The first-order valence-corrected chi connectivity index (χ1v) is 5.53. The van der Waals surface area contributed by atoms with E-state index in [9.17, 15) is 4.21 Å². The Balaban J connectivity index is 2.55. The van der Waals surface area contributed by atoms with E-state index in [0.717, 1.165) is 8.95 Å². The summed E-state index contributed by atoms with van der Waals surface area (Å²) in [4.78, 5) is 0. The predicted molar refractivity (Wildman–Crippen MR) is 51.2 cm³/mol. The summed E-state index contributed by atoms with van der Waals surface area (Å²) in [6.07, 6.45) is 0. The van der Waals surface area contributed by atoms with Crippen LogP contribution in [0.1, 0.15) is 0 Å². The molecule has 1 aliphatic rings. The van der Waals surface area contributed by atoms with Crippen molar-refractivity contribution < 1.29 is 12.6 Å². The van der Waals surface area contributed by atoms with Gasteiger partial charge in [0.2, 0.25) is 0 Å². The Kier molecular flexibility index (Phi) is 2.14. The van der Waals surface area contributed by atoms with E-state index in [1.165, 1.54) is 0 Å². The minimum atomic E-state index is -1.68. The summed E-state index contributed by atoms with van der Waals surface area (Å²) in [5.41, 5.74) is 0. The molecule has 0 saturated heterocycles. The van der Waals surface area contributed by atoms with Gasteiger partial charge < -0.3 is 8.37 Å². The zero-order valence-corrected chi connectivity index (χ0v) is 9.53. The number of hydrogen-bond donors (Lipinski definition) is 0. The summed E-state index contributed by atoms with van der Waals surface area (Å²) in [7, 11) is 0. The van der Waals surface area contributed by atoms with E-state index in [-0.39, 0.29) is 0 Å². The summed E-state index contributed by atoms with van der Waals surface area (Å²) in [5, 5.41) is 0. The van der Waals surface area contributed by atoms with E-state index < -0.39 is 11.4 Å². The highest BCUT2D eigenvalue weighted by atomic mass is 79.9. The van der Waals surface area contributed by atoms with Gasteiger partial charge in [-0.05, 0) is 31.9 Å². The van der Waals surface area contributed by atoms with Crippen LogP contribution in [-0.4, -0.2) is 4.21 Å². The first-order chi connectivity index (χ1) is 5.66. The lowest BCUT2D eigenvalue weighted by atomic mass is 10.3. The van der Waals surface area contributed by atoms with Crippen LogP contribution >= 0.6 is 31.9 Å². The zero-order valence-electron chi connectivity index (χ0n) is 5.54. The van der Waals surface area contributed by atoms with E-state index >= 15 is 0 Å². The summed E-state index contributed by atoms with van der Waals surface area (Å²) in [5.74, 6) is 0.979. The smallest absolute Gasteiger partial charge is 0.367 e. The average Bonchev–Trinajstić information content (AvgIpc) is 2.30.